The predicted octanol–water partition coefficient (Wildman–Crippen LogP) is 3.52. The minimum Gasteiger partial charge on any atom is -0.397 e. The van der Waals surface area contributed by atoms with E-state index >= 15 is 0 Å². The minimum absolute atomic E-state index is 0.137. The molecule has 1 aromatic carbocycles. The lowest BCUT2D eigenvalue weighted by Crippen LogP contribution is -2.18. The number of carbonyl (C=O) groups is 1. The van der Waals surface area contributed by atoms with Gasteiger partial charge in [-0.3, -0.25) is 4.79 Å². The van der Waals surface area contributed by atoms with Gasteiger partial charge in [0.2, 0.25) is 0 Å². The molecule has 0 radical (unpaired) electrons. The van der Waals surface area contributed by atoms with E-state index in [-0.39, 0.29) is 11.9 Å². The monoisotopic (exact) mass is 271 g/mol. The lowest BCUT2D eigenvalue weighted by molar-refractivity contribution is 0.101. The van der Waals surface area contributed by atoms with E-state index in [1.54, 1.807) is 12.3 Å². The van der Waals surface area contributed by atoms with Crippen LogP contribution in [-0.2, 0) is 0 Å². The summed E-state index contributed by atoms with van der Waals surface area (Å²) >= 11 is 0. The number of benzene rings is 1. The van der Waals surface area contributed by atoms with Crippen LogP contribution in [0.5, 0.6) is 0 Å². The molecule has 4 heteroatoms. The highest BCUT2D eigenvalue weighted by Gasteiger charge is 2.15. The molecule has 20 heavy (non-hydrogen) atoms. The molecule has 0 aliphatic carbocycles. The Morgan fingerprint density at radius 2 is 1.95 bits per heavy atom. The number of carbonyl (C=O) groups excluding carboxylic acids is 1. The van der Waals surface area contributed by atoms with Crippen LogP contribution in [-0.4, -0.2) is 10.5 Å². The van der Waals surface area contributed by atoms with E-state index < -0.39 is 0 Å². The fourth-order valence-electron chi connectivity index (χ4n) is 2.25. The summed E-state index contributed by atoms with van der Waals surface area (Å²) in [5.74, 6) is -0.137. The van der Waals surface area contributed by atoms with Crippen LogP contribution in [0, 0.1) is 13.8 Å². The Morgan fingerprint density at radius 1 is 1.25 bits per heavy atom. The van der Waals surface area contributed by atoms with Crippen molar-refractivity contribution in [2.45, 2.75) is 33.7 Å². The standard InChI is InChI=1S/C16H21N3O/c1-10(2)19-9-13(17)8-15(19)16(20)18-14-6-5-11(3)7-12(14)4/h5-10H,17H2,1-4H3,(H,18,20). The van der Waals surface area contributed by atoms with E-state index in [1.165, 1.54) is 5.56 Å². The zero-order valence-electron chi connectivity index (χ0n) is 12.4. The number of amides is 1. The second-order valence-corrected chi connectivity index (χ2v) is 5.43. The molecule has 0 atom stereocenters. The maximum absolute atomic E-state index is 12.4. The average Bonchev–Trinajstić information content (AvgIpc) is 2.75. The summed E-state index contributed by atoms with van der Waals surface area (Å²) < 4.78 is 1.88. The van der Waals surface area contributed by atoms with Gasteiger partial charge in [-0.2, -0.15) is 0 Å². The van der Waals surface area contributed by atoms with Crippen molar-refractivity contribution in [1.82, 2.24) is 4.57 Å². The molecule has 0 bridgehead atoms. The fraction of sp³-hybridized carbons (Fsp3) is 0.312. The second-order valence-electron chi connectivity index (χ2n) is 5.43. The van der Waals surface area contributed by atoms with E-state index in [0.717, 1.165) is 11.3 Å². The number of anilines is 2. The molecule has 0 saturated carbocycles. The van der Waals surface area contributed by atoms with Gasteiger partial charge in [-0.05, 0) is 45.4 Å². The number of aryl methyl sites for hydroxylation is 2. The van der Waals surface area contributed by atoms with E-state index in [1.807, 2.05) is 50.5 Å². The number of aromatic nitrogens is 1. The summed E-state index contributed by atoms with van der Waals surface area (Å²) in [7, 11) is 0. The third kappa shape index (κ3) is 2.85. The maximum Gasteiger partial charge on any atom is 0.272 e. The number of nitrogens with two attached hydrogens (primary N) is 1. The van der Waals surface area contributed by atoms with Gasteiger partial charge in [-0.1, -0.05) is 17.7 Å². The molecule has 2 rings (SSSR count). The van der Waals surface area contributed by atoms with Crippen molar-refractivity contribution in [3.05, 3.63) is 47.3 Å². The normalized spacial score (nSPS) is 10.8. The van der Waals surface area contributed by atoms with Crippen molar-refractivity contribution in [3.8, 4) is 0 Å². The van der Waals surface area contributed by atoms with Crippen LogP contribution in [0.25, 0.3) is 0 Å². The van der Waals surface area contributed by atoms with Crippen molar-refractivity contribution < 1.29 is 4.79 Å². The van der Waals surface area contributed by atoms with E-state index in [9.17, 15) is 4.79 Å². The number of rotatable bonds is 3. The zero-order chi connectivity index (χ0) is 14.9. The molecule has 1 heterocycles. The number of nitrogens with one attached hydrogen (secondary N) is 1. The van der Waals surface area contributed by atoms with Crippen molar-refractivity contribution >= 4 is 17.3 Å². The highest BCUT2D eigenvalue weighted by Crippen LogP contribution is 2.20. The Hall–Kier alpha value is -2.23. The van der Waals surface area contributed by atoms with Gasteiger partial charge in [-0.15, -0.1) is 0 Å². The summed E-state index contributed by atoms with van der Waals surface area (Å²) in [6.07, 6.45) is 1.79. The summed E-state index contributed by atoms with van der Waals surface area (Å²) in [5, 5.41) is 2.95. The van der Waals surface area contributed by atoms with Gasteiger partial charge in [0.25, 0.3) is 5.91 Å². The van der Waals surface area contributed by atoms with E-state index in [2.05, 4.69) is 5.32 Å². The predicted molar refractivity (Wildman–Crippen MR) is 83.1 cm³/mol. The van der Waals surface area contributed by atoms with Gasteiger partial charge in [-0.25, -0.2) is 0 Å². The van der Waals surface area contributed by atoms with Crippen LogP contribution in [0.1, 0.15) is 41.5 Å². The molecule has 1 aromatic heterocycles. The molecule has 0 fully saturated rings. The van der Waals surface area contributed by atoms with Gasteiger partial charge in [0.05, 0.1) is 5.69 Å². The molecule has 0 saturated heterocycles. The first-order valence-electron chi connectivity index (χ1n) is 6.74. The van der Waals surface area contributed by atoms with E-state index in [4.69, 9.17) is 5.73 Å². The van der Waals surface area contributed by atoms with Crippen LogP contribution in [0.4, 0.5) is 11.4 Å². The molecule has 0 aliphatic rings. The van der Waals surface area contributed by atoms with Gasteiger partial charge >= 0.3 is 0 Å². The second kappa shape index (κ2) is 5.41. The van der Waals surface area contributed by atoms with Crippen LogP contribution in [0.2, 0.25) is 0 Å². The first-order chi connectivity index (χ1) is 9.38. The van der Waals surface area contributed by atoms with Gasteiger partial charge in [0, 0.05) is 17.9 Å². The first kappa shape index (κ1) is 14.2. The number of hydrogen-bond donors (Lipinski definition) is 2. The quantitative estimate of drug-likeness (QED) is 0.897. The zero-order valence-corrected chi connectivity index (χ0v) is 12.4. The molecule has 0 aliphatic heterocycles. The number of nitrogens with zero attached hydrogens (tertiary/aromatic N) is 1. The smallest absolute Gasteiger partial charge is 0.272 e. The van der Waals surface area contributed by atoms with Crippen molar-refractivity contribution in [3.63, 3.8) is 0 Å². The largest absolute Gasteiger partial charge is 0.397 e. The van der Waals surface area contributed by atoms with Gasteiger partial charge in [0.15, 0.2) is 0 Å². The third-order valence-electron chi connectivity index (χ3n) is 3.29. The van der Waals surface area contributed by atoms with Crippen molar-refractivity contribution in [2.24, 2.45) is 0 Å². The molecule has 0 spiro atoms. The Morgan fingerprint density at radius 3 is 2.55 bits per heavy atom. The summed E-state index contributed by atoms with van der Waals surface area (Å²) in [6.45, 7) is 8.06. The van der Waals surface area contributed by atoms with Crippen LogP contribution in [0.15, 0.2) is 30.5 Å². The Kier molecular flexibility index (Phi) is 3.84. The third-order valence-corrected chi connectivity index (χ3v) is 3.29. The SMILES string of the molecule is Cc1ccc(NC(=O)c2cc(N)cn2C(C)C)c(C)c1. The minimum atomic E-state index is -0.137. The Bertz CT molecular complexity index is 641. The molecule has 4 nitrogen and oxygen atoms in total. The first-order valence-corrected chi connectivity index (χ1v) is 6.74. The molecule has 2 aromatic rings. The Labute approximate surface area is 119 Å². The lowest BCUT2D eigenvalue weighted by atomic mass is 10.1. The average molecular weight is 271 g/mol. The fourth-order valence-corrected chi connectivity index (χ4v) is 2.25. The summed E-state index contributed by atoms with van der Waals surface area (Å²) in [6, 6.07) is 7.85. The summed E-state index contributed by atoms with van der Waals surface area (Å²) in [5.41, 5.74) is 10.0. The highest BCUT2D eigenvalue weighted by molar-refractivity contribution is 6.04. The maximum atomic E-state index is 12.4. The van der Waals surface area contributed by atoms with Crippen LogP contribution < -0.4 is 11.1 Å². The number of nitrogen functional groups attached to an aromatic ring is 1. The van der Waals surface area contributed by atoms with E-state index in [0.29, 0.717) is 11.4 Å². The van der Waals surface area contributed by atoms with Crippen LogP contribution in [0.3, 0.4) is 0 Å². The Balaban J connectivity index is 2.28. The van der Waals surface area contributed by atoms with Gasteiger partial charge in [0.1, 0.15) is 5.69 Å². The van der Waals surface area contributed by atoms with Crippen molar-refractivity contribution in [2.75, 3.05) is 11.1 Å². The molecule has 106 valence electrons. The van der Waals surface area contributed by atoms with Crippen molar-refractivity contribution in [1.29, 1.82) is 0 Å². The topological polar surface area (TPSA) is 60.1 Å². The highest BCUT2D eigenvalue weighted by atomic mass is 16.1. The molecule has 1 amide bonds. The number of hydrogen-bond acceptors (Lipinski definition) is 2. The lowest BCUT2D eigenvalue weighted by Gasteiger charge is -2.14. The molecule has 3 N–H and O–H groups in total. The summed E-state index contributed by atoms with van der Waals surface area (Å²) in [4.78, 5) is 12.4. The van der Waals surface area contributed by atoms with Gasteiger partial charge < -0.3 is 15.6 Å². The molecular weight excluding hydrogens is 250 g/mol. The van der Waals surface area contributed by atoms with Crippen LogP contribution >= 0.6 is 0 Å². The molecule has 0 unspecified atom stereocenters. The molecular formula is C16H21N3O.